The highest BCUT2D eigenvalue weighted by molar-refractivity contribution is 7.87. The summed E-state index contributed by atoms with van der Waals surface area (Å²) in [7, 11) is -8.23. The second-order valence-corrected chi connectivity index (χ2v) is 11.7. The van der Waals surface area contributed by atoms with Crippen LogP contribution < -0.4 is 0 Å². The molecule has 0 aromatic heterocycles. The second kappa shape index (κ2) is 11.6. The van der Waals surface area contributed by atoms with Gasteiger partial charge < -0.3 is 9.47 Å². The molecule has 0 aliphatic carbocycles. The Kier molecular flexibility index (Phi) is 11.1. The van der Waals surface area contributed by atoms with Crippen LogP contribution in [0.4, 0.5) is 0 Å². The molecule has 10 nitrogen and oxygen atoms in total. The maximum Gasteiger partial charge on any atom is 0.314 e. The molecular weight excluding hydrogens is 452 g/mol. The first kappa shape index (κ1) is 29.8. The molecule has 0 N–H and O–H groups in total. The molecule has 2 atom stereocenters. The number of hydrogen-bond donors (Lipinski definition) is 0. The fraction of sp³-hybridized carbons (Fsp3) is 0.895. The third-order valence-corrected chi connectivity index (χ3v) is 7.75. The maximum atomic E-state index is 12.2. The van der Waals surface area contributed by atoms with E-state index >= 15 is 0 Å². The minimum absolute atomic E-state index is 0.144. The van der Waals surface area contributed by atoms with Crippen LogP contribution in [-0.2, 0) is 47.7 Å². The lowest BCUT2D eigenvalue weighted by atomic mass is 9.88. The lowest BCUT2D eigenvalue weighted by Crippen LogP contribution is -2.40. The summed E-state index contributed by atoms with van der Waals surface area (Å²) in [6.07, 6.45) is -2.33. The summed E-state index contributed by atoms with van der Waals surface area (Å²) < 4.78 is 68.9. The molecule has 0 bridgehead atoms. The first-order valence-corrected chi connectivity index (χ1v) is 13.2. The lowest BCUT2D eigenvalue weighted by molar-refractivity contribution is -0.159. The van der Waals surface area contributed by atoms with Gasteiger partial charge in [0.25, 0.3) is 20.2 Å². The van der Waals surface area contributed by atoms with Gasteiger partial charge in [0.05, 0.1) is 47.8 Å². The van der Waals surface area contributed by atoms with Crippen LogP contribution in [0.15, 0.2) is 0 Å². The third-order valence-electron chi connectivity index (χ3n) is 5.01. The zero-order chi connectivity index (χ0) is 24.7. The zero-order valence-corrected chi connectivity index (χ0v) is 21.2. The van der Waals surface area contributed by atoms with Gasteiger partial charge in [-0.3, -0.25) is 18.0 Å². The molecule has 0 unspecified atom stereocenters. The smallest absolute Gasteiger partial charge is 0.314 e. The molecular formula is C19H36O10S2. The molecule has 0 aliphatic heterocycles. The van der Waals surface area contributed by atoms with E-state index in [0.29, 0.717) is 0 Å². The number of rotatable bonds is 14. The van der Waals surface area contributed by atoms with Crippen LogP contribution in [0.2, 0.25) is 0 Å². The molecule has 12 heteroatoms. The highest BCUT2D eigenvalue weighted by Gasteiger charge is 2.40. The zero-order valence-electron chi connectivity index (χ0n) is 19.6. The van der Waals surface area contributed by atoms with E-state index in [1.165, 1.54) is 41.5 Å². The van der Waals surface area contributed by atoms with Crippen molar-refractivity contribution in [3.63, 3.8) is 0 Å². The van der Waals surface area contributed by atoms with E-state index in [0.717, 1.165) is 0 Å². The van der Waals surface area contributed by atoms with E-state index in [-0.39, 0.29) is 19.6 Å². The molecule has 0 saturated carbocycles. The molecule has 0 rings (SSSR count). The van der Waals surface area contributed by atoms with Crippen molar-refractivity contribution in [3.05, 3.63) is 0 Å². The Balaban J connectivity index is 4.90. The number of hydrogen-bond acceptors (Lipinski definition) is 10. The van der Waals surface area contributed by atoms with Crippen molar-refractivity contribution in [1.29, 1.82) is 0 Å². The largest absolute Gasteiger partial charge is 0.466 e. The minimum Gasteiger partial charge on any atom is -0.466 e. The number of ether oxygens (including phenoxy) is 2. The van der Waals surface area contributed by atoms with Crippen LogP contribution in [0, 0.1) is 10.8 Å². The normalized spacial score (nSPS) is 15.2. The topological polar surface area (TPSA) is 139 Å². The average Bonchev–Trinajstić information content (AvgIpc) is 2.60. The fourth-order valence-corrected chi connectivity index (χ4v) is 4.89. The summed E-state index contributed by atoms with van der Waals surface area (Å²) in [5, 5.41) is 0. The summed E-state index contributed by atoms with van der Waals surface area (Å²) in [4.78, 5) is 24.0. The van der Waals surface area contributed by atoms with Crippen molar-refractivity contribution in [2.24, 2.45) is 10.8 Å². The Bertz CT molecular complexity index is 745. The Morgan fingerprint density at radius 1 is 0.710 bits per heavy atom. The minimum atomic E-state index is -4.11. The molecule has 0 amide bonds. The molecule has 31 heavy (non-hydrogen) atoms. The standard InChI is InChI=1S/C19H36O10S2/c1-9-26-16(20)18(5,6)14(3)28-30(22,23)12-11-13-31(24,25)29-15(4)19(7,8)17(21)27-10-2/h14-15H,9-13H2,1-8H3/t14-,15+. The molecule has 0 fully saturated rings. The summed E-state index contributed by atoms with van der Waals surface area (Å²) in [6.45, 7) is 12.4. The van der Waals surface area contributed by atoms with Gasteiger partial charge in [0.1, 0.15) is 0 Å². The predicted octanol–water partition coefficient (Wildman–Crippen LogP) is 2.02. The number of carbonyl (C=O) groups excluding carboxylic acids is 2. The van der Waals surface area contributed by atoms with Gasteiger partial charge in [0.15, 0.2) is 0 Å². The quantitative estimate of drug-likeness (QED) is 0.263. The Morgan fingerprint density at radius 2 is 1.00 bits per heavy atom. The van der Waals surface area contributed by atoms with Gasteiger partial charge in [0.2, 0.25) is 0 Å². The van der Waals surface area contributed by atoms with Gasteiger partial charge in [-0.2, -0.15) is 16.8 Å². The monoisotopic (exact) mass is 488 g/mol. The first-order chi connectivity index (χ1) is 13.9. The molecule has 184 valence electrons. The summed E-state index contributed by atoms with van der Waals surface area (Å²) in [5.41, 5.74) is -2.43. The van der Waals surface area contributed by atoms with Crippen LogP contribution in [0.25, 0.3) is 0 Å². The number of carbonyl (C=O) groups is 2. The molecule has 0 aromatic carbocycles. The van der Waals surface area contributed by atoms with Crippen molar-refractivity contribution in [1.82, 2.24) is 0 Å². The van der Waals surface area contributed by atoms with Crippen LogP contribution in [0.5, 0.6) is 0 Å². The van der Waals surface area contributed by atoms with Crippen LogP contribution in [-0.4, -0.2) is 65.7 Å². The molecule has 0 spiro atoms. The number of esters is 2. The van der Waals surface area contributed by atoms with E-state index in [1.54, 1.807) is 13.8 Å². The Morgan fingerprint density at radius 3 is 1.26 bits per heavy atom. The van der Waals surface area contributed by atoms with Crippen molar-refractivity contribution in [3.8, 4) is 0 Å². The van der Waals surface area contributed by atoms with Crippen LogP contribution in [0.3, 0.4) is 0 Å². The van der Waals surface area contributed by atoms with Gasteiger partial charge in [0, 0.05) is 0 Å². The molecule has 0 heterocycles. The summed E-state index contributed by atoms with van der Waals surface area (Å²) >= 11 is 0. The van der Waals surface area contributed by atoms with Gasteiger partial charge in [-0.1, -0.05) is 0 Å². The summed E-state index contributed by atoms with van der Waals surface area (Å²) in [5.74, 6) is -2.39. The second-order valence-electron chi connectivity index (χ2n) is 8.24. The Hall–Kier alpha value is -1.24. The van der Waals surface area contributed by atoms with Gasteiger partial charge in [-0.15, -0.1) is 0 Å². The average molecular weight is 489 g/mol. The van der Waals surface area contributed by atoms with Gasteiger partial charge in [-0.05, 0) is 61.8 Å². The van der Waals surface area contributed by atoms with E-state index in [4.69, 9.17) is 17.8 Å². The molecule has 0 radical (unpaired) electrons. The van der Waals surface area contributed by atoms with Crippen molar-refractivity contribution < 1.29 is 44.3 Å². The highest BCUT2D eigenvalue weighted by Crippen LogP contribution is 2.28. The van der Waals surface area contributed by atoms with E-state index < -0.39 is 66.7 Å². The molecule has 0 saturated heterocycles. The van der Waals surface area contributed by atoms with Crippen LogP contribution >= 0.6 is 0 Å². The lowest BCUT2D eigenvalue weighted by Gasteiger charge is -2.29. The van der Waals surface area contributed by atoms with Crippen molar-refractivity contribution in [2.45, 2.75) is 74.0 Å². The van der Waals surface area contributed by atoms with E-state index in [2.05, 4.69) is 0 Å². The SMILES string of the molecule is CCOC(=O)C(C)(C)[C@H](C)OS(=O)(=O)CCCS(=O)(=O)O[C@H](C)C(C)(C)C(=O)OCC. The van der Waals surface area contributed by atoms with Crippen molar-refractivity contribution in [2.75, 3.05) is 24.7 Å². The van der Waals surface area contributed by atoms with E-state index in [9.17, 15) is 26.4 Å². The first-order valence-electron chi connectivity index (χ1n) is 10.1. The summed E-state index contributed by atoms with van der Waals surface area (Å²) in [6, 6.07) is 0. The maximum absolute atomic E-state index is 12.2. The Labute approximate surface area is 186 Å². The molecule has 0 aromatic rings. The predicted molar refractivity (Wildman–Crippen MR) is 114 cm³/mol. The fourth-order valence-electron chi connectivity index (χ4n) is 2.16. The van der Waals surface area contributed by atoms with E-state index in [1.807, 2.05) is 0 Å². The highest BCUT2D eigenvalue weighted by atomic mass is 32.2. The van der Waals surface area contributed by atoms with Crippen LogP contribution in [0.1, 0.15) is 61.8 Å². The van der Waals surface area contributed by atoms with Crippen molar-refractivity contribution >= 4 is 32.2 Å². The molecule has 0 aliphatic rings. The van der Waals surface area contributed by atoms with Gasteiger partial charge in [-0.25, -0.2) is 0 Å². The third kappa shape index (κ3) is 9.42. The van der Waals surface area contributed by atoms with Gasteiger partial charge >= 0.3 is 11.9 Å².